The van der Waals surface area contributed by atoms with Gasteiger partial charge in [0.1, 0.15) is 0 Å². The first kappa shape index (κ1) is 25.1. The number of likely N-dealkylation sites (tertiary alicyclic amines) is 1. The normalized spacial score (nSPS) is 24.5. The molecule has 0 bridgehead atoms. The average molecular weight is 410 g/mol. The number of aliphatic carboxylic acids is 1. The van der Waals surface area contributed by atoms with Crippen LogP contribution in [0.15, 0.2) is 11.6 Å². The summed E-state index contributed by atoms with van der Waals surface area (Å²) in [5.41, 5.74) is 0.203. The van der Waals surface area contributed by atoms with Crippen LogP contribution >= 0.6 is 0 Å². The number of nitrogens with one attached hydrogen (secondary N) is 1. The van der Waals surface area contributed by atoms with Crippen LogP contribution in [0.4, 0.5) is 0 Å². The number of hydrogen-bond acceptors (Lipinski definition) is 4. The molecule has 7 nitrogen and oxygen atoms in total. The minimum absolute atomic E-state index is 0.0622. The topological polar surface area (TPSA) is 90.0 Å². The predicted molar refractivity (Wildman–Crippen MR) is 114 cm³/mol. The lowest BCUT2D eigenvalue weighted by Gasteiger charge is -2.30. The molecule has 29 heavy (non-hydrogen) atoms. The highest BCUT2D eigenvalue weighted by Crippen LogP contribution is 2.48. The van der Waals surface area contributed by atoms with Crippen LogP contribution in [-0.4, -0.2) is 72.0 Å². The fourth-order valence-electron chi connectivity index (χ4n) is 3.71. The van der Waals surface area contributed by atoms with Crippen molar-refractivity contribution in [1.82, 2.24) is 15.1 Å². The Balaban J connectivity index is 0.000000960. The highest BCUT2D eigenvalue weighted by molar-refractivity contribution is 5.89. The second-order valence-corrected chi connectivity index (χ2v) is 9.39. The quantitative estimate of drug-likeness (QED) is 0.630. The Morgan fingerprint density at radius 1 is 1.21 bits per heavy atom. The van der Waals surface area contributed by atoms with Crippen LogP contribution in [0.3, 0.4) is 0 Å². The van der Waals surface area contributed by atoms with E-state index in [9.17, 15) is 14.4 Å². The van der Waals surface area contributed by atoms with Crippen molar-refractivity contribution in [2.45, 2.75) is 60.0 Å². The van der Waals surface area contributed by atoms with E-state index in [1.165, 1.54) is 11.8 Å². The fourth-order valence-corrected chi connectivity index (χ4v) is 3.71. The summed E-state index contributed by atoms with van der Waals surface area (Å²) in [5.74, 6) is 0.647. The third-order valence-corrected chi connectivity index (χ3v) is 5.34. The zero-order valence-corrected chi connectivity index (χ0v) is 19.2. The molecule has 2 aliphatic rings. The number of fused-ring (bicyclic) bond motifs is 1. The van der Waals surface area contributed by atoms with Gasteiger partial charge in [0.05, 0.1) is 18.6 Å². The van der Waals surface area contributed by atoms with Crippen LogP contribution in [0.25, 0.3) is 0 Å². The van der Waals surface area contributed by atoms with Gasteiger partial charge in [0, 0.05) is 19.2 Å². The highest BCUT2D eigenvalue weighted by Gasteiger charge is 2.53. The number of likely N-dealkylation sites (N-methyl/N-ethyl adjacent to an activating group) is 2. The number of carboxylic acid groups (broad SMARTS) is 1. The summed E-state index contributed by atoms with van der Waals surface area (Å²) < 4.78 is 0. The summed E-state index contributed by atoms with van der Waals surface area (Å²) in [6.45, 7) is 12.8. The van der Waals surface area contributed by atoms with Gasteiger partial charge in [0.2, 0.25) is 11.8 Å². The van der Waals surface area contributed by atoms with Crippen molar-refractivity contribution in [2.24, 2.45) is 23.7 Å². The lowest BCUT2D eigenvalue weighted by Crippen LogP contribution is -2.49. The van der Waals surface area contributed by atoms with E-state index < -0.39 is 5.97 Å². The molecule has 1 saturated carbocycles. The van der Waals surface area contributed by atoms with E-state index in [2.05, 4.69) is 31.0 Å². The second-order valence-electron chi connectivity index (χ2n) is 9.39. The fraction of sp³-hybridized carbons (Fsp3) is 0.773. The molecule has 0 radical (unpaired) electrons. The Morgan fingerprint density at radius 2 is 1.76 bits per heavy atom. The first-order chi connectivity index (χ1) is 13.4. The van der Waals surface area contributed by atoms with Gasteiger partial charge in [-0.1, -0.05) is 40.7 Å². The van der Waals surface area contributed by atoms with Gasteiger partial charge in [-0.3, -0.25) is 14.5 Å². The summed E-state index contributed by atoms with van der Waals surface area (Å²) in [4.78, 5) is 39.4. The van der Waals surface area contributed by atoms with Crippen molar-refractivity contribution < 1.29 is 19.5 Å². The molecule has 1 saturated heterocycles. The SMILES string of the molecule is C/C(=C\[C@H](C(C)C)N(C)C(=O)CNC(=O)C1C2CC2CN1C)C(=O)O.CC(C)C. The highest BCUT2D eigenvalue weighted by atomic mass is 16.4. The third kappa shape index (κ3) is 7.46. The van der Waals surface area contributed by atoms with Gasteiger partial charge in [0.25, 0.3) is 0 Å². The van der Waals surface area contributed by atoms with Crippen molar-refractivity contribution >= 4 is 17.8 Å². The summed E-state index contributed by atoms with van der Waals surface area (Å²) in [6, 6.07) is -0.458. The molecule has 2 fully saturated rings. The smallest absolute Gasteiger partial charge is 0.331 e. The van der Waals surface area contributed by atoms with Crippen molar-refractivity contribution in [3.63, 3.8) is 0 Å². The maximum atomic E-state index is 12.5. The maximum absolute atomic E-state index is 12.5. The van der Waals surface area contributed by atoms with E-state index in [-0.39, 0.29) is 41.9 Å². The predicted octanol–water partition coefficient (Wildman–Crippen LogP) is 2.23. The molecule has 0 aromatic carbocycles. The first-order valence-electron chi connectivity index (χ1n) is 10.5. The Labute approximate surface area is 175 Å². The van der Waals surface area contributed by atoms with Crippen LogP contribution in [0, 0.1) is 23.7 Å². The van der Waals surface area contributed by atoms with E-state index in [1.807, 2.05) is 20.9 Å². The lowest BCUT2D eigenvalue weighted by molar-refractivity contribution is -0.135. The molecule has 0 spiro atoms. The van der Waals surface area contributed by atoms with Gasteiger partial charge in [-0.15, -0.1) is 0 Å². The standard InChI is InChI=1S/C18H29N3O4.C4H10/c1-10(2)14(6-11(3)18(24)25)21(5)15(22)8-19-17(23)16-13-7-12(13)9-20(16)4;1-4(2)3/h6,10,12-14,16H,7-9H2,1-5H3,(H,19,23)(H,24,25);4H,1-3H3/b11-6+;/t12?,13?,14-,16?;/m1./s1. The van der Waals surface area contributed by atoms with Crippen molar-refractivity contribution in [3.05, 3.63) is 11.6 Å². The molecular formula is C22H39N3O4. The Kier molecular flexibility index (Phi) is 9.33. The number of hydrogen-bond donors (Lipinski definition) is 2. The minimum Gasteiger partial charge on any atom is -0.478 e. The third-order valence-electron chi connectivity index (χ3n) is 5.34. The number of amides is 2. The lowest BCUT2D eigenvalue weighted by atomic mass is 10.00. The van der Waals surface area contributed by atoms with Crippen molar-refractivity contribution in [1.29, 1.82) is 0 Å². The molecule has 7 heteroatoms. The number of piperidine rings is 1. The van der Waals surface area contributed by atoms with Crippen molar-refractivity contribution in [2.75, 3.05) is 27.2 Å². The molecule has 0 aromatic heterocycles. The molecule has 3 unspecified atom stereocenters. The van der Waals surface area contributed by atoms with Gasteiger partial charge in [0.15, 0.2) is 0 Å². The molecule has 0 aromatic rings. The molecule has 166 valence electrons. The Bertz CT molecular complexity index is 625. The zero-order chi connectivity index (χ0) is 22.5. The average Bonchev–Trinajstić information content (AvgIpc) is 3.26. The summed E-state index contributed by atoms with van der Waals surface area (Å²) >= 11 is 0. The van der Waals surface area contributed by atoms with E-state index in [0.717, 1.165) is 18.9 Å². The Hall–Kier alpha value is -1.89. The van der Waals surface area contributed by atoms with Gasteiger partial charge in [-0.2, -0.15) is 0 Å². The van der Waals surface area contributed by atoms with E-state index in [4.69, 9.17) is 5.11 Å². The maximum Gasteiger partial charge on any atom is 0.331 e. The number of carbonyl (C=O) groups excluding carboxylic acids is 2. The first-order valence-corrected chi connectivity index (χ1v) is 10.5. The van der Waals surface area contributed by atoms with E-state index in [0.29, 0.717) is 11.8 Å². The van der Waals surface area contributed by atoms with Gasteiger partial charge in [-0.25, -0.2) is 4.79 Å². The molecule has 2 N–H and O–H groups in total. The van der Waals surface area contributed by atoms with Crippen LogP contribution < -0.4 is 5.32 Å². The number of carbonyl (C=O) groups is 3. The van der Waals surface area contributed by atoms with Crippen LogP contribution in [0.5, 0.6) is 0 Å². The van der Waals surface area contributed by atoms with Gasteiger partial charge < -0.3 is 15.3 Å². The van der Waals surface area contributed by atoms with Crippen molar-refractivity contribution in [3.8, 4) is 0 Å². The molecule has 4 atom stereocenters. The van der Waals surface area contributed by atoms with E-state index in [1.54, 1.807) is 13.1 Å². The zero-order valence-electron chi connectivity index (χ0n) is 19.2. The Morgan fingerprint density at radius 3 is 2.17 bits per heavy atom. The number of carboxylic acids is 1. The number of rotatable bonds is 7. The minimum atomic E-state index is -0.997. The molecule has 1 aliphatic heterocycles. The second kappa shape index (κ2) is 10.8. The van der Waals surface area contributed by atoms with E-state index >= 15 is 0 Å². The molecule has 1 aliphatic carbocycles. The van der Waals surface area contributed by atoms with Gasteiger partial charge >= 0.3 is 5.97 Å². The van der Waals surface area contributed by atoms with Crippen LogP contribution in [-0.2, 0) is 14.4 Å². The van der Waals surface area contributed by atoms with Crippen LogP contribution in [0.1, 0.15) is 48.0 Å². The molecule has 2 rings (SSSR count). The monoisotopic (exact) mass is 409 g/mol. The summed E-state index contributed by atoms with van der Waals surface area (Å²) in [6.07, 6.45) is 2.69. The molecule has 2 amide bonds. The van der Waals surface area contributed by atoms with Crippen LogP contribution in [0.2, 0.25) is 0 Å². The summed E-state index contributed by atoms with van der Waals surface area (Å²) in [5, 5.41) is 11.8. The van der Waals surface area contributed by atoms with Gasteiger partial charge in [-0.05, 0) is 44.1 Å². The largest absolute Gasteiger partial charge is 0.478 e. The molecule has 1 heterocycles. The molecular weight excluding hydrogens is 370 g/mol. The summed E-state index contributed by atoms with van der Waals surface area (Å²) in [7, 11) is 3.59. The number of nitrogens with zero attached hydrogens (tertiary/aromatic N) is 2.